The van der Waals surface area contributed by atoms with Crippen molar-refractivity contribution in [2.24, 2.45) is 16.5 Å². The second kappa shape index (κ2) is 8.18. The molecule has 2 aromatic carbocycles. The van der Waals surface area contributed by atoms with E-state index in [1.165, 1.54) is 16.7 Å². The van der Waals surface area contributed by atoms with Gasteiger partial charge in [0.25, 0.3) is 0 Å². The Labute approximate surface area is 143 Å². The summed E-state index contributed by atoms with van der Waals surface area (Å²) >= 11 is 0. The first-order valence-corrected chi connectivity index (χ1v) is 6.98. The molecule has 0 aliphatic carbocycles. The summed E-state index contributed by atoms with van der Waals surface area (Å²) in [5.74, 6) is 0.640. The Hall–Kier alpha value is -1.55. The Balaban J connectivity index is 0.00000121. The zero-order valence-corrected chi connectivity index (χ0v) is 13.9. The predicted molar refractivity (Wildman–Crippen MR) is 97.3 cm³/mol. The molecule has 0 amide bonds. The van der Waals surface area contributed by atoms with Gasteiger partial charge in [-0.05, 0) is 36.1 Å². The van der Waals surface area contributed by atoms with Gasteiger partial charge < -0.3 is 11.5 Å². The van der Waals surface area contributed by atoms with Crippen LogP contribution in [0, 0.1) is 0 Å². The van der Waals surface area contributed by atoms with Crippen LogP contribution in [0.3, 0.4) is 0 Å². The van der Waals surface area contributed by atoms with Gasteiger partial charge in [0.2, 0.25) is 0 Å². The zero-order valence-electron chi connectivity index (χ0n) is 12.2. The fourth-order valence-corrected chi connectivity index (χ4v) is 2.75. The van der Waals surface area contributed by atoms with E-state index in [1.807, 2.05) is 12.1 Å². The molecule has 3 rings (SSSR count). The largest absolute Gasteiger partial charge is 0.383 e. The van der Waals surface area contributed by atoms with Gasteiger partial charge in [0, 0.05) is 5.56 Å². The minimum Gasteiger partial charge on any atom is -0.383 e. The Kier molecular flexibility index (Phi) is 6.88. The van der Waals surface area contributed by atoms with Crippen LogP contribution in [-0.2, 0) is 12.8 Å². The molecule has 2 aromatic rings. The maximum absolute atomic E-state index is 6.10. The van der Waals surface area contributed by atoms with E-state index in [9.17, 15) is 0 Å². The van der Waals surface area contributed by atoms with E-state index < -0.39 is 0 Å². The van der Waals surface area contributed by atoms with Gasteiger partial charge in [0.1, 0.15) is 5.84 Å². The van der Waals surface area contributed by atoms with Crippen molar-refractivity contribution in [1.29, 1.82) is 0 Å². The number of nitrogens with two attached hydrogens (primary N) is 2. The second-order valence-corrected chi connectivity index (χ2v) is 5.18. The third kappa shape index (κ3) is 3.80. The van der Waals surface area contributed by atoms with Crippen molar-refractivity contribution < 1.29 is 0 Å². The number of aliphatic imine (C=N–C) groups is 1. The molecule has 1 unspecified atom stereocenters. The van der Waals surface area contributed by atoms with Gasteiger partial charge in [0.15, 0.2) is 0 Å². The Morgan fingerprint density at radius 2 is 1.82 bits per heavy atom. The highest BCUT2D eigenvalue weighted by Crippen LogP contribution is 2.29. The molecule has 0 fully saturated rings. The number of hydrogen-bond donors (Lipinski definition) is 2. The first kappa shape index (κ1) is 18.5. The van der Waals surface area contributed by atoms with E-state index >= 15 is 0 Å². The highest BCUT2D eigenvalue weighted by molar-refractivity contribution is 5.99. The van der Waals surface area contributed by atoms with Gasteiger partial charge in [-0.25, -0.2) is 0 Å². The number of hydrogen-bond acceptors (Lipinski definition) is 3. The van der Waals surface area contributed by atoms with Gasteiger partial charge in [-0.2, -0.15) is 0 Å². The quantitative estimate of drug-likeness (QED) is 0.903. The highest BCUT2D eigenvalue weighted by atomic mass is 35.5. The average Bonchev–Trinajstić information content (AvgIpc) is 2.48. The molecule has 0 saturated carbocycles. The van der Waals surface area contributed by atoms with Gasteiger partial charge in [-0.1, -0.05) is 48.5 Å². The summed E-state index contributed by atoms with van der Waals surface area (Å²) in [6, 6.07) is 16.8. The van der Waals surface area contributed by atoms with Gasteiger partial charge in [-0.3, -0.25) is 4.99 Å². The summed E-state index contributed by atoms with van der Waals surface area (Å²) in [5.41, 5.74) is 16.5. The van der Waals surface area contributed by atoms with Gasteiger partial charge >= 0.3 is 0 Å². The summed E-state index contributed by atoms with van der Waals surface area (Å²) in [6.07, 6.45) is 1.80. The molecule has 0 aromatic heterocycles. The van der Waals surface area contributed by atoms with E-state index in [0.717, 1.165) is 18.4 Å². The summed E-state index contributed by atoms with van der Waals surface area (Å²) in [6.45, 7) is 0.669. The normalized spacial score (nSPS) is 15.9. The minimum absolute atomic E-state index is 0. The van der Waals surface area contributed by atoms with E-state index in [1.54, 1.807) is 0 Å². The molecule has 118 valence electrons. The molecule has 0 spiro atoms. The van der Waals surface area contributed by atoms with Crippen LogP contribution < -0.4 is 11.5 Å². The summed E-state index contributed by atoms with van der Waals surface area (Å²) in [5, 5.41) is 0. The number of rotatable bonds is 3. The van der Waals surface area contributed by atoms with Crippen molar-refractivity contribution in [2.75, 3.05) is 6.54 Å². The topological polar surface area (TPSA) is 64.4 Å². The maximum Gasteiger partial charge on any atom is 0.126 e. The van der Waals surface area contributed by atoms with E-state index in [4.69, 9.17) is 11.5 Å². The van der Waals surface area contributed by atoms with Gasteiger partial charge in [0.05, 0.1) is 6.04 Å². The van der Waals surface area contributed by atoms with Crippen molar-refractivity contribution in [3.8, 4) is 0 Å². The molecule has 0 saturated heterocycles. The highest BCUT2D eigenvalue weighted by Gasteiger charge is 2.20. The zero-order chi connectivity index (χ0) is 13.9. The van der Waals surface area contributed by atoms with Crippen molar-refractivity contribution in [3.05, 3.63) is 70.8 Å². The molecular weight excluding hydrogens is 317 g/mol. The molecule has 0 radical (unpaired) electrons. The van der Waals surface area contributed by atoms with E-state index in [-0.39, 0.29) is 30.9 Å². The maximum atomic E-state index is 6.10. The monoisotopic (exact) mass is 337 g/mol. The molecule has 0 bridgehead atoms. The smallest absolute Gasteiger partial charge is 0.126 e. The van der Waals surface area contributed by atoms with Crippen molar-refractivity contribution in [3.63, 3.8) is 0 Å². The summed E-state index contributed by atoms with van der Waals surface area (Å²) < 4.78 is 0. The van der Waals surface area contributed by atoms with Crippen molar-refractivity contribution in [1.82, 2.24) is 0 Å². The number of benzene rings is 2. The number of nitrogens with zero attached hydrogens (tertiary/aromatic N) is 1. The SMILES string of the molecule is Cl.Cl.NCCc1cccc(C2Cc3ccccc3C(N)=N2)c1. The molecule has 1 atom stereocenters. The molecule has 4 N–H and O–H groups in total. The van der Waals surface area contributed by atoms with Crippen LogP contribution in [0.4, 0.5) is 0 Å². The standard InChI is InChI=1S/C17H19N3.2ClH/c18-9-8-12-4-3-6-14(10-12)16-11-13-5-1-2-7-15(13)17(19)20-16;;/h1-7,10,16H,8-9,11,18H2,(H2,19,20);2*1H. The molecule has 1 aliphatic heterocycles. The molecular formula is C17H21Cl2N3. The van der Waals surface area contributed by atoms with Crippen LogP contribution in [0.2, 0.25) is 0 Å². The molecule has 5 heteroatoms. The molecule has 22 heavy (non-hydrogen) atoms. The lowest BCUT2D eigenvalue weighted by Gasteiger charge is -2.22. The number of halogens is 2. The van der Waals surface area contributed by atoms with Crippen LogP contribution in [0.25, 0.3) is 0 Å². The fourth-order valence-electron chi connectivity index (χ4n) is 2.75. The van der Waals surface area contributed by atoms with E-state index in [2.05, 4.69) is 41.4 Å². The molecule has 3 nitrogen and oxygen atoms in total. The summed E-state index contributed by atoms with van der Waals surface area (Å²) in [4.78, 5) is 4.66. The lowest BCUT2D eigenvalue weighted by atomic mass is 9.91. The van der Waals surface area contributed by atoms with Crippen molar-refractivity contribution in [2.45, 2.75) is 18.9 Å². The van der Waals surface area contributed by atoms with Crippen LogP contribution in [0.5, 0.6) is 0 Å². The van der Waals surface area contributed by atoms with Crippen LogP contribution in [0.1, 0.15) is 28.3 Å². The summed E-state index contributed by atoms with van der Waals surface area (Å²) in [7, 11) is 0. The fraction of sp³-hybridized carbons (Fsp3) is 0.235. The Morgan fingerprint density at radius 3 is 2.59 bits per heavy atom. The Bertz CT molecular complexity index is 656. The second-order valence-electron chi connectivity index (χ2n) is 5.18. The number of fused-ring (bicyclic) bond motifs is 1. The third-order valence-corrected chi connectivity index (χ3v) is 3.77. The third-order valence-electron chi connectivity index (χ3n) is 3.77. The average molecular weight is 338 g/mol. The Morgan fingerprint density at radius 1 is 1.05 bits per heavy atom. The van der Waals surface area contributed by atoms with Crippen LogP contribution >= 0.6 is 24.8 Å². The van der Waals surface area contributed by atoms with Crippen molar-refractivity contribution >= 4 is 30.6 Å². The predicted octanol–water partition coefficient (Wildman–Crippen LogP) is 3.03. The minimum atomic E-state index is 0. The van der Waals surface area contributed by atoms with Crippen LogP contribution in [0.15, 0.2) is 53.5 Å². The lowest BCUT2D eigenvalue weighted by Crippen LogP contribution is -2.22. The lowest BCUT2D eigenvalue weighted by molar-refractivity contribution is 0.708. The van der Waals surface area contributed by atoms with Crippen LogP contribution in [-0.4, -0.2) is 12.4 Å². The molecule has 1 heterocycles. The first-order chi connectivity index (χ1) is 9.78. The number of amidine groups is 1. The first-order valence-electron chi connectivity index (χ1n) is 6.98. The molecule has 1 aliphatic rings. The van der Waals surface area contributed by atoms with E-state index in [0.29, 0.717) is 12.4 Å². The van der Waals surface area contributed by atoms with Gasteiger partial charge in [-0.15, -0.1) is 24.8 Å².